The van der Waals surface area contributed by atoms with E-state index >= 15 is 0 Å². The van der Waals surface area contributed by atoms with E-state index in [9.17, 15) is 28.3 Å². The summed E-state index contributed by atoms with van der Waals surface area (Å²) >= 11 is 1.14. The third kappa shape index (κ3) is 14.8. The predicted octanol–water partition coefficient (Wildman–Crippen LogP) is 13.0. The summed E-state index contributed by atoms with van der Waals surface area (Å²) < 4.78 is 41.8. The maximum absolute atomic E-state index is 11.8. The summed E-state index contributed by atoms with van der Waals surface area (Å²) in [7, 11) is 1.01. The van der Waals surface area contributed by atoms with Crippen LogP contribution in [0.5, 0.6) is 17.2 Å². The molecule has 0 fully saturated rings. The highest BCUT2D eigenvalue weighted by molar-refractivity contribution is 7.95. The van der Waals surface area contributed by atoms with Crippen molar-refractivity contribution in [1.82, 2.24) is 0 Å². The van der Waals surface area contributed by atoms with Crippen LogP contribution in [0, 0.1) is 0 Å². The molecular formula is C40H49N9O12S3. The molecule has 0 aliphatic carbocycles. The minimum Gasteiger partial charge on any atom is -0.505 e. The molecule has 0 saturated carbocycles. The van der Waals surface area contributed by atoms with E-state index in [0.717, 1.165) is 34.3 Å². The van der Waals surface area contributed by atoms with Gasteiger partial charge in [0.25, 0.3) is 10.1 Å². The van der Waals surface area contributed by atoms with Crippen LogP contribution in [0.1, 0.15) is 40.5 Å². The normalized spacial score (nSPS) is 11.4. The first-order valence-corrected chi connectivity index (χ1v) is 21.7. The molecule has 0 saturated heterocycles. The van der Waals surface area contributed by atoms with E-state index in [1.165, 1.54) is 40.1 Å². The van der Waals surface area contributed by atoms with Gasteiger partial charge in [0.1, 0.15) is 27.6 Å². The number of azo groups is 4. The number of benzene rings is 6. The zero-order valence-electron chi connectivity index (χ0n) is 35.9. The van der Waals surface area contributed by atoms with Crippen LogP contribution >= 0.6 is 24.1 Å². The van der Waals surface area contributed by atoms with Crippen molar-refractivity contribution in [2.75, 3.05) is 33.9 Å². The van der Waals surface area contributed by atoms with Gasteiger partial charge in [-0.05, 0) is 35.0 Å². The minimum atomic E-state index is -4.72. The van der Waals surface area contributed by atoms with Crippen LogP contribution in [0.4, 0.5) is 28.4 Å². The first-order chi connectivity index (χ1) is 30.7. The van der Waals surface area contributed by atoms with Gasteiger partial charge in [-0.15, -0.1) is 8.67 Å². The van der Waals surface area contributed by atoms with Crippen molar-refractivity contribution >= 4 is 95.0 Å². The summed E-state index contributed by atoms with van der Waals surface area (Å²) in [6.45, 7) is 8.50. The summed E-state index contributed by atoms with van der Waals surface area (Å²) in [5.74, 6) is -0.357. The highest BCUT2D eigenvalue weighted by Gasteiger charge is 2.25. The van der Waals surface area contributed by atoms with Crippen LogP contribution in [0.25, 0.3) is 32.3 Å². The van der Waals surface area contributed by atoms with Crippen LogP contribution in [0.15, 0.2) is 134 Å². The number of phenols is 3. The van der Waals surface area contributed by atoms with Crippen LogP contribution < -0.4 is 5.73 Å². The average Bonchev–Trinajstić information content (AvgIpc) is 3.27. The third-order valence-corrected chi connectivity index (χ3v) is 9.69. The van der Waals surface area contributed by atoms with Gasteiger partial charge in [0.2, 0.25) is 0 Å². The molecule has 0 aliphatic heterocycles. The van der Waals surface area contributed by atoms with Gasteiger partial charge in [-0.3, -0.25) is 4.55 Å². The largest absolute Gasteiger partial charge is 0.505 e. The minimum absolute atomic E-state index is 0.00254. The van der Waals surface area contributed by atoms with Gasteiger partial charge in [-0.2, -0.15) is 49.3 Å². The summed E-state index contributed by atoms with van der Waals surface area (Å²) in [6.07, 6.45) is 2.50. The number of hydrogen-bond donors (Lipinski definition) is 7. The zero-order chi connectivity index (χ0) is 47.8. The Hall–Kier alpha value is -5.93. The molecule has 0 amide bonds. The summed E-state index contributed by atoms with van der Waals surface area (Å²) in [5, 5.41) is 86.5. The Morgan fingerprint density at radius 2 is 1.03 bits per heavy atom. The number of nitrogen functional groups attached to an aromatic ring is 1. The van der Waals surface area contributed by atoms with Crippen molar-refractivity contribution < 1.29 is 57.5 Å². The van der Waals surface area contributed by atoms with Gasteiger partial charge in [0.05, 0.1) is 45.0 Å². The molecule has 0 radical (unpaired) electrons. The summed E-state index contributed by atoms with van der Waals surface area (Å²) in [6, 6.07) is 22.5. The van der Waals surface area contributed by atoms with Gasteiger partial charge in [-0.1, -0.05) is 105 Å². The molecule has 0 unspecified atom stereocenters. The van der Waals surface area contributed by atoms with Crippen molar-refractivity contribution in [3.05, 3.63) is 78.9 Å². The molecular weight excluding hydrogens is 895 g/mol. The van der Waals surface area contributed by atoms with Crippen molar-refractivity contribution in [3.63, 3.8) is 0 Å². The first kappa shape index (κ1) is 54.2. The number of rotatable bonds is 11. The topological polar surface area (TPSA) is 317 Å². The van der Waals surface area contributed by atoms with E-state index < -0.39 is 20.8 Å². The number of aromatic hydroxyl groups is 3. The fourth-order valence-corrected chi connectivity index (χ4v) is 6.94. The van der Waals surface area contributed by atoms with Crippen LogP contribution in [0.3, 0.4) is 0 Å². The van der Waals surface area contributed by atoms with Gasteiger partial charge in [0, 0.05) is 44.3 Å². The smallest absolute Gasteiger partial charge is 0.295 e. The van der Waals surface area contributed by atoms with Crippen molar-refractivity contribution in [3.8, 4) is 17.2 Å². The van der Waals surface area contributed by atoms with Crippen LogP contribution in [0.2, 0.25) is 0 Å². The lowest BCUT2D eigenvalue weighted by Gasteiger charge is -2.14. The molecule has 6 aromatic carbocycles. The van der Waals surface area contributed by atoms with Crippen molar-refractivity contribution in [2.24, 2.45) is 40.9 Å². The number of phenolic OH excluding ortho intramolecular Hbond substituents is 3. The molecule has 6 rings (SSSR count). The molecule has 64 heavy (non-hydrogen) atoms. The molecule has 0 aromatic heterocycles. The Morgan fingerprint density at radius 3 is 1.53 bits per heavy atom. The Kier molecular flexibility index (Phi) is 23.7. The molecule has 0 aliphatic rings. The number of anilines is 1. The van der Waals surface area contributed by atoms with Crippen LogP contribution in [-0.2, 0) is 28.9 Å². The van der Waals surface area contributed by atoms with E-state index in [1.807, 2.05) is 48.5 Å². The van der Waals surface area contributed by atoms with Crippen LogP contribution in [-0.4, -0.2) is 67.0 Å². The molecule has 0 bridgehead atoms. The third-order valence-electron chi connectivity index (χ3n) is 7.56. The van der Waals surface area contributed by atoms with Crippen molar-refractivity contribution in [1.29, 1.82) is 0 Å². The Balaban J connectivity index is 0.000000323. The van der Waals surface area contributed by atoms with E-state index in [4.69, 9.17) is 16.2 Å². The highest BCUT2D eigenvalue weighted by atomic mass is 32.2. The second kappa shape index (κ2) is 28.0. The summed E-state index contributed by atoms with van der Waals surface area (Å²) in [4.78, 5) is -0.0826. The summed E-state index contributed by atoms with van der Waals surface area (Å²) in [5.41, 5.74) is 6.41. The first-order valence-electron chi connectivity index (χ1n) is 18.7. The van der Waals surface area contributed by atoms with E-state index in [1.54, 1.807) is 25.2 Å². The Labute approximate surface area is 377 Å². The molecule has 24 heteroatoms. The highest BCUT2D eigenvalue weighted by Crippen LogP contribution is 2.49. The molecule has 0 heterocycles. The second-order valence-electron chi connectivity index (χ2n) is 12.3. The number of nitrogens with zero attached hydrogens (tertiary/aromatic N) is 8. The zero-order valence-corrected chi connectivity index (χ0v) is 38.4. The second-order valence-corrected chi connectivity index (χ2v) is 15.2. The number of hydrogen-bond acceptors (Lipinski definition) is 22. The average molecular weight is 944 g/mol. The maximum atomic E-state index is 11.8. The fraction of sp³-hybridized carbons (Fsp3) is 0.250. The lowest BCUT2D eigenvalue weighted by Crippen LogP contribution is -2.02. The van der Waals surface area contributed by atoms with Gasteiger partial charge < -0.3 is 21.1 Å². The standard InChI is InChI=1S/C12H13N5O7S2.C11H10N2O4S.C11H10N2O.2C3H8/c1-14-16-6-4-8(26(20,21)22)5-3-7(25-24-23-19)11(17-15-2)12(18)9(5)10(6)13;1-12-13-10-9(18-17-16-15)6-7-4-2-3-5-8(7)11(10)14;1-12-13-10-7-6-8-4-2-3-5-9(8)11(10)14;2*1-3-2/h3-4,18-19H,13H2,1-2H3,(H,20,21,22);2-6,14-15H,1H3;2-7,14H,1H3;2*3H2,1-2H3. The predicted molar refractivity (Wildman–Crippen MR) is 246 cm³/mol. The molecule has 0 spiro atoms. The van der Waals surface area contributed by atoms with Crippen molar-refractivity contribution in [2.45, 2.75) is 55.2 Å². The van der Waals surface area contributed by atoms with Gasteiger partial charge in [-0.25, -0.2) is 10.5 Å². The molecule has 0 atom stereocenters. The maximum Gasteiger partial charge on any atom is 0.295 e. The Bertz CT molecular complexity index is 2690. The van der Waals surface area contributed by atoms with E-state index in [0.29, 0.717) is 28.0 Å². The lowest BCUT2D eigenvalue weighted by atomic mass is 10.0. The number of fused-ring (bicyclic) bond motifs is 3. The molecule has 21 nitrogen and oxygen atoms in total. The molecule has 8 N–H and O–H groups in total. The monoisotopic (exact) mass is 943 g/mol. The SMILES string of the molecule is CCC.CCC.CN=Nc1c(SOOO)cc2ccccc2c1O.CN=Nc1cc(S(=O)(=O)O)c2cc(SOOO)c(N=NC)c(O)c2c1N.CN=Nc1ccc2ccccc2c1O. The fourth-order valence-electron chi connectivity index (χ4n) is 5.26. The Morgan fingerprint density at radius 1 is 0.578 bits per heavy atom. The van der Waals surface area contributed by atoms with Gasteiger partial charge >= 0.3 is 0 Å². The number of nitrogens with two attached hydrogens (primary N) is 1. The lowest BCUT2D eigenvalue weighted by molar-refractivity contribution is -0.432. The molecule has 344 valence electrons. The van der Waals surface area contributed by atoms with Gasteiger partial charge in [0.15, 0.2) is 17.2 Å². The quantitative estimate of drug-likeness (QED) is 0.0158. The van der Waals surface area contributed by atoms with E-state index in [-0.39, 0.29) is 49.9 Å². The molecule has 6 aromatic rings. The van der Waals surface area contributed by atoms with E-state index in [2.05, 4.69) is 87.4 Å².